The van der Waals surface area contributed by atoms with Crippen LogP contribution in [0.2, 0.25) is 0 Å². The first-order valence-corrected chi connectivity index (χ1v) is 5.16. The molecule has 2 N–H and O–H groups in total. The van der Waals surface area contributed by atoms with Gasteiger partial charge in [-0.15, -0.1) is 0 Å². The highest BCUT2D eigenvalue weighted by Crippen LogP contribution is 2.27. The van der Waals surface area contributed by atoms with Crippen LogP contribution in [-0.4, -0.2) is 24.1 Å². The molecule has 1 aromatic carbocycles. The molecule has 0 aliphatic heterocycles. The van der Waals surface area contributed by atoms with E-state index in [0.29, 0.717) is 11.6 Å². The van der Waals surface area contributed by atoms with Gasteiger partial charge in [-0.05, 0) is 12.1 Å². The first kappa shape index (κ1) is 11.2. The molecule has 1 heterocycles. The summed E-state index contributed by atoms with van der Waals surface area (Å²) in [6, 6.07) is 7.67. The number of hydrogen-bond acceptors (Lipinski definition) is 5. The highest BCUT2D eigenvalue weighted by molar-refractivity contribution is 5.68. The van der Waals surface area contributed by atoms with E-state index in [1.54, 1.807) is 19.5 Å². The number of ether oxygens (including phenoxy) is 1. The minimum atomic E-state index is 0.401. The van der Waals surface area contributed by atoms with Crippen LogP contribution in [0.3, 0.4) is 0 Å². The molecule has 0 radical (unpaired) electrons. The molecule has 0 bridgehead atoms. The van der Waals surface area contributed by atoms with Crippen LogP contribution in [0.5, 0.6) is 5.75 Å². The highest BCUT2D eigenvalue weighted by atomic mass is 16.5. The minimum absolute atomic E-state index is 0.401. The summed E-state index contributed by atoms with van der Waals surface area (Å²) in [7, 11) is 3.52. The number of nitrogens with zero attached hydrogens (tertiary/aromatic N) is 3. The number of aromatic nitrogens is 2. The van der Waals surface area contributed by atoms with Gasteiger partial charge >= 0.3 is 0 Å². The second kappa shape index (κ2) is 4.69. The Morgan fingerprint density at radius 1 is 1.24 bits per heavy atom. The summed E-state index contributed by atoms with van der Waals surface area (Å²) in [5.41, 5.74) is 6.72. The van der Waals surface area contributed by atoms with Gasteiger partial charge in [0.05, 0.1) is 7.11 Å². The predicted octanol–water partition coefficient (Wildman–Crippen LogP) is 1.84. The normalized spacial score (nSPS) is 10.0. The molecule has 1 aromatic heterocycles. The second-order valence-electron chi connectivity index (χ2n) is 3.53. The van der Waals surface area contributed by atoms with Crippen LogP contribution in [0.25, 0.3) is 0 Å². The molecule has 0 saturated carbocycles. The molecule has 2 rings (SSSR count). The molecule has 0 saturated heterocycles. The largest absolute Gasteiger partial charge is 0.497 e. The van der Waals surface area contributed by atoms with E-state index in [-0.39, 0.29) is 0 Å². The van der Waals surface area contributed by atoms with E-state index in [4.69, 9.17) is 10.5 Å². The van der Waals surface area contributed by atoms with Crippen molar-refractivity contribution in [2.24, 2.45) is 0 Å². The van der Waals surface area contributed by atoms with Crippen molar-refractivity contribution in [3.05, 3.63) is 36.7 Å². The number of methoxy groups -OCH3 is 1. The van der Waals surface area contributed by atoms with E-state index in [1.165, 1.54) is 0 Å². The SMILES string of the molecule is COc1cccc(N(C)c2nccnc2N)c1. The van der Waals surface area contributed by atoms with Gasteiger partial charge in [0.15, 0.2) is 11.6 Å². The summed E-state index contributed by atoms with van der Waals surface area (Å²) in [5.74, 6) is 1.82. The van der Waals surface area contributed by atoms with Gasteiger partial charge in [0.1, 0.15) is 5.75 Å². The summed E-state index contributed by atoms with van der Waals surface area (Å²) in [5, 5.41) is 0. The maximum absolute atomic E-state index is 5.78. The number of hydrogen-bond donors (Lipinski definition) is 1. The number of nitrogen functional groups attached to an aromatic ring is 1. The van der Waals surface area contributed by atoms with Gasteiger partial charge in [-0.25, -0.2) is 9.97 Å². The smallest absolute Gasteiger partial charge is 0.175 e. The molecular weight excluding hydrogens is 216 g/mol. The van der Waals surface area contributed by atoms with E-state index in [2.05, 4.69) is 9.97 Å². The minimum Gasteiger partial charge on any atom is -0.497 e. The zero-order chi connectivity index (χ0) is 12.3. The first-order valence-electron chi connectivity index (χ1n) is 5.16. The Morgan fingerprint density at radius 3 is 2.71 bits per heavy atom. The lowest BCUT2D eigenvalue weighted by Crippen LogP contribution is -2.14. The van der Waals surface area contributed by atoms with Gasteiger partial charge in [0.25, 0.3) is 0 Å². The third-order valence-corrected chi connectivity index (χ3v) is 2.46. The van der Waals surface area contributed by atoms with E-state index in [0.717, 1.165) is 11.4 Å². The van der Waals surface area contributed by atoms with Gasteiger partial charge in [-0.1, -0.05) is 6.07 Å². The number of rotatable bonds is 3. The lowest BCUT2D eigenvalue weighted by atomic mass is 10.3. The van der Waals surface area contributed by atoms with Crippen molar-refractivity contribution in [1.82, 2.24) is 9.97 Å². The van der Waals surface area contributed by atoms with Gasteiger partial charge < -0.3 is 15.4 Å². The Hall–Kier alpha value is -2.30. The maximum Gasteiger partial charge on any atom is 0.175 e. The van der Waals surface area contributed by atoms with Crippen molar-refractivity contribution in [3.8, 4) is 5.75 Å². The third kappa shape index (κ3) is 2.28. The predicted molar refractivity (Wildman–Crippen MR) is 67.5 cm³/mol. The van der Waals surface area contributed by atoms with E-state index >= 15 is 0 Å². The molecule has 0 amide bonds. The topological polar surface area (TPSA) is 64.3 Å². The Bertz CT molecular complexity index is 515. The molecule has 0 aliphatic rings. The van der Waals surface area contributed by atoms with Crippen molar-refractivity contribution in [1.29, 1.82) is 0 Å². The number of anilines is 3. The Labute approximate surface area is 99.9 Å². The lowest BCUT2D eigenvalue weighted by Gasteiger charge is -2.19. The summed E-state index contributed by atoms with van der Waals surface area (Å²) in [6.45, 7) is 0. The number of nitrogens with two attached hydrogens (primary N) is 1. The van der Waals surface area contributed by atoms with Crippen LogP contribution in [0, 0.1) is 0 Å². The zero-order valence-electron chi connectivity index (χ0n) is 9.79. The van der Waals surface area contributed by atoms with Gasteiger partial charge in [0.2, 0.25) is 0 Å². The van der Waals surface area contributed by atoms with Crippen LogP contribution in [0.4, 0.5) is 17.3 Å². The van der Waals surface area contributed by atoms with E-state index in [1.807, 2.05) is 36.2 Å². The van der Waals surface area contributed by atoms with Crippen LogP contribution >= 0.6 is 0 Å². The van der Waals surface area contributed by atoms with Crippen molar-refractivity contribution in [3.63, 3.8) is 0 Å². The quantitative estimate of drug-likeness (QED) is 0.871. The molecule has 0 fully saturated rings. The Kier molecular flexibility index (Phi) is 3.09. The van der Waals surface area contributed by atoms with Crippen molar-refractivity contribution in [2.45, 2.75) is 0 Å². The monoisotopic (exact) mass is 230 g/mol. The average Bonchev–Trinajstić information content (AvgIpc) is 2.38. The molecule has 88 valence electrons. The molecular formula is C12H14N4O. The molecule has 2 aromatic rings. The third-order valence-electron chi connectivity index (χ3n) is 2.46. The van der Waals surface area contributed by atoms with Crippen LogP contribution in [0.15, 0.2) is 36.7 Å². The lowest BCUT2D eigenvalue weighted by molar-refractivity contribution is 0.415. The number of benzene rings is 1. The van der Waals surface area contributed by atoms with Crippen LogP contribution < -0.4 is 15.4 Å². The first-order chi connectivity index (χ1) is 8.22. The molecule has 0 atom stereocenters. The average molecular weight is 230 g/mol. The fourth-order valence-electron chi connectivity index (χ4n) is 1.54. The van der Waals surface area contributed by atoms with Crippen molar-refractivity contribution < 1.29 is 4.74 Å². The molecule has 5 nitrogen and oxygen atoms in total. The van der Waals surface area contributed by atoms with Crippen molar-refractivity contribution >= 4 is 17.3 Å². The summed E-state index contributed by atoms with van der Waals surface area (Å²) < 4.78 is 5.18. The molecule has 0 aliphatic carbocycles. The zero-order valence-corrected chi connectivity index (χ0v) is 9.79. The van der Waals surface area contributed by atoms with Crippen LogP contribution in [0.1, 0.15) is 0 Å². The fraction of sp³-hybridized carbons (Fsp3) is 0.167. The van der Waals surface area contributed by atoms with Gasteiger partial charge in [-0.2, -0.15) is 0 Å². The van der Waals surface area contributed by atoms with Gasteiger partial charge in [-0.3, -0.25) is 0 Å². The second-order valence-corrected chi connectivity index (χ2v) is 3.53. The van der Waals surface area contributed by atoms with Crippen molar-refractivity contribution in [2.75, 3.05) is 24.8 Å². The molecule has 0 unspecified atom stereocenters. The Balaban J connectivity index is 2.37. The summed E-state index contributed by atoms with van der Waals surface area (Å²) in [6.07, 6.45) is 3.18. The summed E-state index contributed by atoms with van der Waals surface area (Å²) in [4.78, 5) is 10.1. The van der Waals surface area contributed by atoms with E-state index < -0.39 is 0 Å². The Morgan fingerprint density at radius 2 is 2.00 bits per heavy atom. The van der Waals surface area contributed by atoms with E-state index in [9.17, 15) is 0 Å². The highest BCUT2D eigenvalue weighted by Gasteiger charge is 2.09. The molecule has 0 spiro atoms. The standard InChI is InChI=1S/C12H14N4O/c1-16(12-11(13)14-6-7-15-12)9-4-3-5-10(8-9)17-2/h3-8H,1-2H3,(H2,13,14). The van der Waals surface area contributed by atoms with Gasteiger partial charge in [0, 0.05) is 31.2 Å². The summed E-state index contributed by atoms with van der Waals surface area (Å²) >= 11 is 0. The fourth-order valence-corrected chi connectivity index (χ4v) is 1.54. The van der Waals surface area contributed by atoms with Crippen LogP contribution in [-0.2, 0) is 0 Å². The molecule has 5 heteroatoms. The molecule has 17 heavy (non-hydrogen) atoms. The maximum atomic E-state index is 5.78.